The third kappa shape index (κ3) is 3.00. The maximum atomic E-state index is 13.0. The summed E-state index contributed by atoms with van der Waals surface area (Å²) in [6, 6.07) is 7.38. The lowest BCUT2D eigenvalue weighted by Gasteiger charge is -2.24. The van der Waals surface area contributed by atoms with Gasteiger partial charge in [0, 0.05) is 0 Å². The van der Waals surface area contributed by atoms with Gasteiger partial charge in [-0.05, 0) is 37.3 Å². The molecule has 1 saturated heterocycles. The zero-order valence-electron chi connectivity index (χ0n) is 16.1. The van der Waals surface area contributed by atoms with E-state index in [4.69, 9.17) is 4.42 Å². The van der Waals surface area contributed by atoms with Crippen molar-refractivity contribution in [1.29, 1.82) is 0 Å². The molecule has 1 aromatic heterocycles. The van der Waals surface area contributed by atoms with Crippen molar-refractivity contribution < 1.29 is 14.0 Å². The van der Waals surface area contributed by atoms with Crippen molar-refractivity contribution >= 4 is 11.9 Å². The van der Waals surface area contributed by atoms with Crippen LogP contribution in [0.25, 0.3) is 0 Å². The number of benzene rings is 1. The topological polar surface area (TPSA) is 75.4 Å². The Morgan fingerprint density at radius 2 is 1.77 bits per heavy atom. The van der Waals surface area contributed by atoms with Crippen LogP contribution in [-0.4, -0.2) is 21.8 Å². The van der Waals surface area contributed by atoms with E-state index in [2.05, 4.69) is 31.1 Å². The van der Waals surface area contributed by atoms with Crippen molar-refractivity contribution in [2.75, 3.05) is 0 Å². The van der Waals surface area contributed by atoms with E-state index in [9.17, 15) is 9.59 Å². The Bertz CT molecular complexity index is 842. The van der Waals surface area contributed by atoms with Crippen molar-refractivity contribution in [2.45, 2.75) is 59.0 Å². The number of carbonyl (C=O) groups is 2. The summed E-state index contributed by atoms with van der Waals surface area (Å²) in [5.74, 6) is 0.739. The van der Waals surface area contributed by atoms with Gasteiger partial charge >= 0.3 is 6.03 Å². The molecule has 0 saturated carbocycles. The van der Waals surface area contributed by atoms with Gasteiger partial charge in [0.1, 0.15) is 17.8 Å². The van der Waals surface area contributed by atoms with Crippen molar-refractivity contribution in [3.05, 3.63) is 52.7 Å². The smallest absolute Gasteiger partial charge is 0.325 e. The molecule has 3 amide bonds. The fraction of sp³-hybridized carbons (Fsp3) is 0.450. The number of aromatic nitrogens is 1. The number of hydrogen-bond acceptors (Lipinski definition) is 4. The first kappa shape index (κ1) is 18.2. The molecule has 138 valence electrons. The highest BCUT2D eigenvalue weighted by Crippen LogP contribution is 2.31. The van der Waals surface area contributed by atoms with E-state index >= 15 is 0 Å². The average Bonchev–Trinajstić information content (AvgIpc) is 2.99. The van der Waals surface area contributed by atoms with Crippen LogP contribution in [0.4, 0.5) is 4.79 Å². The van der Waals surface area contributed by atoms with Crippen LogP contribution < -0.4 is 5.32 Å². The Hall–Kier alpha value is -2.63. The number of hydrogen-bond donors (Lipinski definition) is 1. The molecule has 1 unspecified atom stereocenters. The summed E-state index contributed by atoms with van der Waals surface area (Å²) < 4.78 is 5.51. The molecular weight excluding hydrogens is 330 g/mol. The molecule has 0 aliphatic carbocycles. The van der Waals surface area contributed by atoms with E-state index < -0.39 is 11.6 Å². The normalized spacial score (nSPS) is 20.6. The second kappa shape index (κ2) is 5.97. The van der Waals surface area contributed by atoms with E-state index in [-0.39, 0.29) is 17.9 Å². The maximum Gasteiger partial charge on any atom is 0.325 e. The van der Waals surface area contributed by atoms with Crippen LogP contribution in [0.2, 0.25) is 0 Å². The number of amides is 3. The van der Waals surface area contributed by atoms with E-state index in [1.807, 2.05) is 31.2 Å². The molecule has 1 aliphatic rings. The molecule has 0 radical (unpaired) electrons. The summed E-state index contributed by atoms with van der Waals surface area (Å²) >= 11 is 0. The molecule has 1 N–H and O–H groups in total. The molecule has 1 fully saturated rings. The number of rotatable bonds is 3. The lowest BCUT2D eigenvalue weighted by molar-refractivity contribution is -0.131. The summed E-state index contributed by atoms with van der Waals surface area (Å²) in [6.45, 7) is 11.8. The minimum atomic E-state index is -1.09. The summed E-state index contributed by atoms with van der Waals surface area (Å²) in [5.41, 5.74) is 1.61. The maximum absolute atomic E-state index is 13.0. The van der Waals surface area contributed by atoms with E-state index in [0.717, 1.165) is 16.2 Å². The van der Waals surface area contributed by atoms with Gasteiger partial charge in [-0.1, -0.05) is 45.0 Å². The molecule has 1 atom stereocenters. The lowest BCUT2D eigenvalue weighted by Crippen LogP contribution is -2.40. The van der Waals surface area contributed by atoms with Gasteiger partial charge in [-0.3, -0.25) is 9.69 Å². The largest absolute Gasteiger partial charge is 0.444 e. The molecule has 2 heterocycles. The van der Waals surface area contributed by atoms with E-state index in [1.165, 1.54) is 5.56 Å². The molecule has 6 heteroatoms. The second-order valence-electron chi connectivity index (χ2n) is 8.02. The molecule has 2 aromatic rings. The first-order valence-electron chi connectivity index (χ1n) is 8.70. The van der Waals surface area contributed by atoms with E-state index in [0.29, 0.717) is 11.7 Å². The number of urea groups is 1. The Balaban J connectivity index is 1.86. The highest BCUT2D eigenvalue weighted by atomic mass is 16.4. The fourth-order valence-electron chi connectivity index (χ4n) is 3.08. The number of aryl methyl sites for hydroxylation is 2. The summed E-state index contributed by atoms with van der Waals surface area (Å²) in [6.07, 6.45) is 0. The Kier molecular flexibility index (Phi) is 4.17. The minimum Gasteiger partial charge on any atom is -0.444 e. The fourth-order valence-corrected chi connectivity index (χ4v) is 3.08. The van der Waals surface area contributed by atoms with Crippen molar-refractivity contribution in [3.63, 3.8) is 0 Å². The van der Waals surface area contributed by atoms with Crippen molar-refractivity contribution in [1.82, 2.24) is 15.2 Å². The highest BCUT2D eigenvalue weighted by Gasteiger charge is 2.49. The number of oxazole rings is 1. The zero-order valence-corrected chi connectivity index (χ0v) is 16.1. The summed E-state index contributed by atoms with van der Waals surface area (Å²) in [7, 11) is 0. The number of imide groups is 1. The predicted molar refractivity (Wildman–Crippen MR) is 97.6 cm³/mol. The molecule has 1 aliphatic heterocycles. The van der Waals surface area contributed by atoms with Crippen LogP contribution in [0.5, 0.6) is 0 Å². The molecular formula is C20H25N3O3. The molecule has 1 aromatic carbocycles. The SMILES string of the molecule is Cc1nc(CN2C(=O)NC(C)(c3ccc(C(C)(C)C)cc3)C2=O)oc1C. The zero-order chi connectivity index (χ0) is 19.3. The van der Waals surface area contributed by atoms with E-state index in [1.54, 1.807) is 13.8 Å². The average molecular weight is 355 g/mol. The third-order valence-electron chi connectivity index (χ3n) is 4.97. The first-order chi connectivity index (χ1) is 12.0. The minimum absolute atomic E-state index is 0.0228. The van der Waals surface area contributed by atoms with Crippen LogP contribution in [0.3, 0.4) is 0 Å². The Morgan fingerprint density at radius 1 is 1.15 bits per heavy atom. The Morgan fingerprint density at radius 3 is 2.27 bits per heavy atom. The second-order valence-corrected chi connectivity index (χ2v) is 8.02. The monoisotopic (exact) mass is 355 g/mol. The molecule has 0 bridgehead atoms. The van der Waals surface area contributed by atoms with Crippen LogP contribution >= 0.6 is 0 Å². The number of nitrogens with zero attached hydrogens (tertiary/aromatic N) is 2. The van der Waals surface area contributed by atoms with Crippen LogP contribution in [0.15, 0.2) is 28.7 Å². The van der Waals surface area contributed by atoms with Gasteiger partial charge in [0.15, 0.2) is 0 Å². The molecule has 3 rings (SSSR count). The lowest BCUT2D eigenvalue weighted by atomic mass is 9.84. The van der Waals surface area contributed by atoms with Crippen LogP contribution in [0, 0.1) is 13.8 Å². The Labute approximate surface area is 153 Å². The highest BCUT2D eigenvalue weighted by molar-refractivity contribution is 6.07. The molecule has 6 nitrogen and oxygen atoms in total. The first-order valence-corrected chi connectivity index (χ1v) is 8.70. The third-order valence-corrected chi connectivity index (χ3v) is 4.97. The van der Waals surface area contributed by atoms with Gasteiger partial charge < -0.3 is 9.73 Å². The van der Waals surface area contributed by atoms with Crippen molar-refractivity contribution in [3.8, 4) is 0 Å². The van der Waals surface area contributed by atoms with Gasteiger partial charge in [0.05, 0.1) is 5.69 Å². The van der Waals surface area contributed by atoms with Crippen LogP contribution in [-0.2, 0) is 22.3 Å². The molecule has 26 heavy (non-hydrogen) atoms. The molecule has 0 spiro atoms. The summed E-state index contributed by atoms with van der Waals surface area (Å²) in [4.78, 5) is 30.8. The predicted octanol–water partition coefficient (Wildman–Crippen LogP) is 3.56. The van der Waals surface area contributed by atoms with Crippen LogP contribution in [0.1, 0.15) is 56.2 Å². The standard InChI is InChI=1S/C20H25N3O3/c1-12-13(2)26-16(21-12)11-23-17(24)20(6,22-18(23)25)15-9-7-14(8-10-15)19(3,4)5/h7-10H,11H2,1-6H3,(H,22,25). The summed E-state index contributed by atoms with van der Waals surface area (Å²) in [5, 5.41) is 2.81. The van der Waals surface area contributed by atoms with Crippen molar-refractivity contribution in [2.24, 2.45) is 0 Å². The number of nitrogens with one attached hydrogen (secondary N) is 1. The van der Waals surface area contributed by atoms with Gasteiger partial charge in [-0.2, -0.15) is 0 Å². The van der Waals surface area contributed by atoms with Gasteiger partial charge in [0.25, 0.3) is 5.91 Å². The van der Waals surface area contributed by atoms with Gasteiger partial charge in [0.2, 0.25) is 5.89 Å². The van der Waals surface area contributed by atoms with Gasteiger partial charge in [-0.15, -0.1) is 0 Å². The number of carbonyl (C=O) groups excluding carboxylic acids is 2. The quantitative estimate of drug-likeness (QED) is 0.854. The van der Waals surface area contributed by atoms with Gasteiger partial charge in [-0.25, -0.2) is 9.78 Å².